The fourth-order valence-electron chi connectivity index (χ4n) is 4.03. The van der Waals surface area contributed by atoms with Gasteiger partial charge in [0.2, 0.25) is 11.7 Å². The minimum Gasteiger partial charge on any atom is -0.376 e. The Morgan fingerprint density at radius 2 is 2.09 bits per heavy atom. The van der Waals surface area contributed by atoms with Gasteiger partial charge in [-0.2, -0.15) is 0 Å². The van der Waals surface area contributed by atoms with Gasteiger partial charge in [0.05, 0.1) is 23.9 Å². The van der Waals surface area contributed by atoms with Crippen LogP contribution >= 0.6 is 23.1 Å². The number of thiophene rings is 1. The average molecular weight is 484 g/mol. The predicted molar refractivity (Wildman–Crippen MR) is 131 cm³/mol. The van der Waals surface area contributed by atoms with Crippen LogP contribution in [-0.4, -0.2) is 43.5 Å². The lowest BCUT2D eigenvalue weighted by Gasteiger charge is -2.13. The first-order valence-corrected chi connectivity index (χ1v) is 12.9. The van der Waals surface area contributed by atoms with Gasteiger partial charge in [0.1, 0.15) is 4.70 Å². The van der Waals surface area contributed by atoms with Gasteiger partial charge < -0.3 is 10.1 Å². The molecule has 33 heavy (non-hydrogen) atoms. The number of hydrogen-bond acceptors (Lipinski definition) is 7. The molecular formula is C23H25N5O3S2. The molecule has 1 amide bonds. The molecule has 3 aromatic heterocycles. The van der Waals surface area contributed by atoms with Gasteiger partial charge in [0.25, 0.3) is 5.56 Å². The third-order valence-corrected chi connectivity index (χ3v) is 7.61. The second-order valence-electron chi connectivity index (χ2n) is 8.42. The molecule has 1 fully saturated rings. The zero-order chi connectivity index (χ0) is 22.9. The van der Waals surface area contributed by atoms with Crippen LogP contribution in [0.3, 0.4) is 0 Å². The maximum Gasteiger partial charge on any atom is 0.272 e. The van der Waals surface area contributed by atoms with Gasteiger partial charge >= 0.3 is 0 Å². The Labute approximate surface area is 199 Å². The Morgan fingerprint density at radius 3 is 2.82 bits per heavy atom. The number of fused-ring (bicyclic) bond motifs is 3. The number of rotatable bonds is 7. The highest BCUT2D eigenvalue weighted by Crippen LogP contribution is 2.25. The molecule has 0 spiro atoms. The molecule has 1 atom stereocenters. The first-order valence-electron chi connectivity index (χ1n) is 11.0. The number of aromatic nitrogens is 4. The number of thioether (sulfide) groups is 1. The maximum absolute atomic E-state index is 13.1. The summed E-state index contributed by atoms with van der Waals surface area (Å²) in [5, 5.41) is 14.0. The highest BCUT2D eigenvalue weighted by Gasteiger charge is 2.23. The number of carbonyl (C=O) groups is 1. The zero-order valence-electron chi connectivity index (χ0n) is 18.5. The van der Waals surface area contributed by atoms with Crippen molar-refractivity contribution in [3.63, 3.8) is 0 Å². The predicted octanol–water partition coefficient (Wildman–Crippen LogP) is 4.14. The van der Waals surface area contributed by atoms with E-state index in [9.17, 15) is 9.59 Å². The van der Waals surface area contributed by atoms with Crippen molar-refractivity contribution < 1.29 is 9.53 Å². The van der Waals surface area contributed by atoms with Crippen molar-refractivity contribution in [2.24, 2.45) is 0 Å². The standard InChI is InChI=1S/C23H25N5O3S2/c1-14(2)15-5-7-16(8-6-15)24-19(29)13-33-23-26-25-22-27(12-17-4-3-10-31-17)21(30)20-18(28(22)23)9-11-32-20/h5-9,11,14,17H,3-4,10,12-13H2,1-2H3,(H,24,29)/t17-/m1/s1. The van der Waals surface area contributed by atoms with Gasteiger partial charge in [0, 0.05) is 12.3 Å². The van der Waals surface area contributed by atoms with Crippen molar-refractivity contribution in [1.29, 1.82) is 0 Å². The number of hydrogen-bond donors (Lipinski definition) is 1. The summed E-state index contributed by atoms with van der Waals surface area (Å²) in [7, 11) is 0. The Balaban J connectivity index is 1.38. The van der Waals surface area contributed by atoms with Crippen LogP contribution in [0.15, 0.2) is 45.7 Å². The highest BCUT2D eigenvalue weighted by atomic mass is 32.2. The molecule has 1 aliphatic rings. The van der Waals surface area contributed by atoms with Gasteiger partial charge in [0.15, 0.2) is 5.16 Å². The molecule has 5 rings (SSSR count). The van der Waals surface area contributed by atoms with Crippen LogP contribution in [0.4, 0.5) is 5.69 Å². The minimum atomic E-state index is -0.122. The van der Waals surface area contributed by atoms with Crippen LogP contribution in [0.2, 0.25) is 0 Å². The van der Waals surface area contributed by atoms with Crippen molar-refractivity contribution in [2.75, 3.05) is 17.7 Å². The smallest absolute Gasteiger partial charge is 0.272 e. The lowest BCUT2D eigenvalue weighted by Crippen LogP contribution is -2.28. The summed E-state index contributed by atoms with van der Waals surface area (Å²) >= 11 is 2.71. The molecule has 0 unspecified atom stereocenters. The Kier molecular flexibility index (Phi) is 6.22. The molecule has 0 aliphatic carbocycles. The number of nitrogens with zero attached hydrogens (tertiary/aromatic N) is 4. The Hall–Kier alpha value is -2.69. The van der Waals surface area contributed by atoms with Crippen molar-refractivity contribution in [3.05, 3.63) is 51.6 Å². The quantitative estimate of drug-likeness (QED) is 0.397. The molecule has 1 N–H and O–H groups in total. The van der Waals surface area contributed by atoms with Gasteiger partial charge in [-0.3, -0.25) is 18.6 Å². The first-order chi connectivity index (χ1) is 16.0. The number of ether oxygens (including phenoxy) is 1. The van der Waals surface area contributed by atoms with Crippen LogP contribution in [0.25, 0.3) is 16.0 Å². The van der Waals surface area contributed by atoms with E-state index in [0.717, 1.165) is 30.7 Å². The van der Waals surface area contributed by atoms with Crippen molar-refractivity contribution in [2.45, 2.75) is 50.4 Å². The molecule has 1 aliphatic heterocycles. The van der Waals surface area contributed by atoms with Crippen LogP contribution in [0.1, 0.15) is 38.2 Å². The summed E-state index contributed by atoms with van der Waals surface area (Å²) in [5.74, 6) is 0.985. The largest absolute Gasteiger partial charge is 0.376 e. The molecule has 4 aromatic rings. The van der Waals surface area contributed by atoms with Gasteiger partial charge in [-0.25, -0.2) is 0 Å². The van der Waals surface area contributed by atoms with Crippen molar-refractivity contribution in [3.8, 4) is 0 Å². The molecule has 1 aromatic carbocycles. The van der Waals surface area contributed by atoms with E-state index in [1.54, 1.807) is 4.57 Å². The Morgan fingerprint density at radius 1 is 1.27 bits per heavy atom. The molecule has 0 saturated carbocycles. The van der Waals surface area contributed by atoms with Gasteiger partial charge in [-0.1, -0.05) is 37.7 Å². The summed E-state index contributed by atoms with van der Waals surface area (Å²) in [6, 6.07) is 9.79. The lowest BCUT2D eigenvalue weighted by molar-refractivity contribution is -0.113. The maximum atomic E-state index is 13.1. The van der Waals surface area contributed by atoms with Crippen molar-refractivity contribution in [1.82, 2.24) is 19.2 Å². The normalized spacial score (nSPS) is 16.3. The summed E-state index contributed by atoms with van der Waals surface area (Å²) in [5.41, 5.74) is 2.68. The van der Waals surface area contributed by atoms with E-state index in [4.69, 9.17) is 4.74 Å². The summed E-state index contributed by atoms with van der Waals surface area (Å²) in [6.07, 6.45) is 1.93. The van der Waals surface area contributed by atoms with E-state index in [0.29, 0.717) is 28.1 Å². The molecule has 1 saturated heterocycles. The van der Waals surface area contributed by atoms with E-state index in [1.807, 2.05) is 40.1 Å². The first kappa shape index (κ1) is 22.1. The van der Waals surface area contributed by atoms with Crippen LogP contribution in [0.5, 0.6) is 0 Å². The number of carbonyl (C=O) groups excluding carboxylic acids is 1. The lowest BCUT2D eigenvalue weighted by atomic mass is 10.0. The van der Waals surface area contributed by atoms with E-state index < -0.39 is 0 Å². The number of nitrogens with one attached hydrogen (secondary N) is 1. The monoisotopic (exact) mass is 483 g/mol. The summed E-state index contributed by atoms with van der Waals surface area (Å²) in [4.78, 5) is 25.7. The molecule has 172 valence electrons. The van der Waals surface area contributed by atoms with Crippen molar-refractivity contribution >= 4 is 50.7 Å². The van der Waals surface area contributed by atoms with E-state index in [-0.39, 0.29) is 23.3 Å². The second kappa shape index (κ2) is 9.28. The zero-order valence-corrected chi connectivity index (χ0v) is 20.1. The third kappa shape index (κ3) is 4.42. The molecular weight excluding hydrogens is 458 g/mol. The Bertz CT molecular complexity index is 1350. The average Bonchev–Trinajstić information content (AvgIpc) is 3.56. The summed E-state index contributed by atoms with van der Waals surface area (Å²) in [6.45, 7) is 5.45. The van der Waals surface area contributed by atoms with E-state index in [2.05, 4.69) is 29.4 Å². The topological polar surface area (TPSA) is 90.5 Å². The van der Waals surface area contributed by atoms with Gasteiger partial charge in [-0.15, -0.1) is 21.5 Å². The second-order valence-corrected chi connectivity index (χ2v) is 10.3. The number of amides is 1. The molecule has 10 heteroatoms. The summed E-state index contributed by atoms with van der Waals surface area (Å²) < 4.78 is 9.92. The third-order valence-electron chi connectivity index (χ3n) is 5.79. The number of benzene rings is 1. The van der Waals surface area contributed by atoms with E-state index in [1.165, 1.54) is 28.7 Å². The van der Waals surface area contributed by atoms with Crippen LogP contribution in [0, 0.1) is 0 Å². The van der Waals surface area contributed by atoms with Crippen LogP contribution < -0.4 is 10.9 Å². The van der Waals surface area contributed by atoms with E-state index >= 15 is 0 Å². The molecule has 8 nitrogen and oxygen atoms in total. The fraction of sp³-hybridized carbons (Fsp3) is 0.391. The SMILES string of the molecule is CC(C)c1ccc(NC(=O)CSc2nnc3n(C[C@H]4CCCO4)c(=O)c4sccc4n23)cc1. The molecule has 0 bridgehead atoms. The highest BCUT2D eigenvalue weighted by molar-refractivity contribution is 7.99. The fourth-order valence-corrected chi connectivity index (χ4v) is 5.59. The van der Waals surface area contributed by atoms with Gasteiger partial charge in [-0.05, 0) is 47.9 Å². The number of anilines is 1. The van der Waals surface area contributed by atoms with Crippen LogP contribution in [-0.2, 0) is 16.1 Å². The minimum absolute atomic E-state index is 0.00424. The molecule has 4 heterocycles. The molecule has 0 radical (unpaired) electrons.